The molecule has 1 aromatic rings. The molecule has 6 heteroatoms. The number of thiophene rings is 1. The van der Waals surface area contributed by atoms with Crippen LogP contribution in [-0.2, 0) is 17.6 Å². The van der Waals surface area contributed by atoms with Crippen LogP contribution in [0.15, 0.2) is 0 Å². The van der Waals surface area contributed by atoms with Crippen LogP contribution in [0.4, 0.5) is 5.00 Å². The molecule has 0 aromatic carbocycles. The van der Waals surface area contributed by atoms with Crippen molar-refractivity contribution in [2.75, 3.05) is 5.32 Å². The normalized spacial score (nSPS) is 19.7. The molecule has 1 aromatic heterocycles. The van der Waals surface area contributed by atoms with Crippen LogP contribution in [0.3, 0.4) is 0 Å². The minimum atomic E-state index is -0.435. The van der Waals surface area contributed by atoms with E-state index < -0.39 is 5.91 Å². The summed E-state index contributed by atoms with van der Waals surface area (Å²) in [6.45, 7) is 1.90. The molecule has 2 aliphatic rings. The van der Waals surface area contributed by atoms with Crippen LogP contribution >= 0.6 is 11.3 Å². The lowest BCUT2D eigenvalue weighted by atomic mass is 9.96. The third kappa shape index (κ3) is 4.42. The van der Waals surface area contributed by atoms with Crippen LogP contribution < -0.4 is 16.4 Å². The van der Waals surface area contributed by atoms with E-state index in [1.165, 1.54) is 48.3 Å². The van der Waals surface area contributed by atoms with Crippen molar-refractivity contribution in [3.63, 3.8) is 0 Å². The van der Waals surface area contributed by atoms with Gasteiger partial charge < -0.3 is 16.4 Å². The molecule has 1 saturated carbocycles. The molecule has 5 nitrogen and oxygen atoms in total. The number of carbonyl (C=O) groups is 2. The Bertz CT molecular complexity index is 633. The minimum absolute atomic E-state index is 0.0792. The summed E-state index contributed by atoms with van der Waals surface area (Å²) >= 11 is 1.51. The van der Waals surface area contributed by atoms with Gasteiger partial charge in [0.1, 0.15) is 5.00 Å². The molecule has 138 valence electrons. The highest BCUT2D eigenvalue weighted by molar-refractivity contribution is 7.17. The Kier molecular flexibility index (Phi) is 6.12. The first-order chi connectivity index (χ1) is 12.1. The van der Waals surface area contributed by atoms with E-state index in [4.69, 9.17) is 5.73 Å². The molecule has 2 aliphatic carbocycles. The van der Waals surface area contributed by atoms with Crippen molar-refractivity contribution in [1.29, 1.82) is 0 Å². The number of nitrogens with two attached hydrogens (primary N) is 1. The van der Waals surface area contributed by atoms with E-state index in [0.29, 0.717) is 16.6 Å². The standard InChI is InChI=1S/C19H29N3O2S/c1-12(21-13-8-5-3-2-4-6-9-13)18(24)22-19-16(17(20)23)14-10-7-11-15(14)25-19/h12-13,21H,2-11H2,1H3,(H2,20,23)(H,22,24)/t12-/m0/s1. The van der Waals surface area contributed by atoms with Crippen molar-refractivity contribution in [3.8, 4) is 0 Å². The van der Waals surface area contributed by atoms with Crippen molar-refractivity contribution in [2.45, 2.75) is 83.2 Å². The maximum atomic E-state index is 12.6. The van der Waals surface area contributed by atoms with Gasteiger partial charge in [0.05, 0.1) is 11.6 Å². The Labute approximate surface area is 153 Å². The van der Waals surface area contributed by atoms with Crippen LogP contribution in [0.25, 0.3) is 0 Å². The van der Waals surface area contributed by atoms with Crippen LogP contribution in [-0.4, -0.2) is 23.9 Å². The molecule has 1 atom stereocenters. The summed E-state index contributed by atoms with van der Waals surface area (Å²) in [5.41, 5.74) is 7.15. The summed E-state index contributed by atoms with van der Waals surface area (Å²) in [7, 11) is 0. The molecule has 0 saturated heterocycles. The first-order valence-electron chi connectivity index (χ1n) is 9.57. The van der Waals surface area contributed by atoms with Gasteiger partial charge in [-0.05, 0) is 44.6 Å². The molecule has 0 unspecified atom stereocenters. The number of hydrogen-bond acceptors (Lipinski definition) is 4. The fraction of sp³-hybridized carbons (Fsp3) is 0.684. The van der Waals surface area contributed by atoms with Gasteiger partial charge >= 0.3 is 0 Å². The second kappa shape index (κ2) is 8.32. The Morgan fingerprint density at radius 1 is 1.08 bits per heavy atom. The second-order valence-corrected chi connectivity index (χ2v) is 8.45. The summed E-state index contributed by atoms with van der Waals surface area (Å²) in [4.78, 5) is 25.7. The maximum Gasteiger partial charge on any atom is 0.251 e. The molecular weight excluding hydrogens is 334 g/mol. The van der Waals surface area contributed by atoms with Crippen molar-refractivity contribution < 1.29 is 9.59 Å². The summed E-state index contributed by atoms with van der Waals surface area (Å²) < 4.78 is 0. The van der Waals surface area contributed by atoms with Gasteiger partial charge in [0, 0.05) is 10.9 Å². The van der Waals surface area contributed by atoms with E-state index in [2.05, 4.69) is 10.6 Å². The molecule has 0 aliphatic heterocycles. The average molecular weight is 364 g/mol. The topological polar surface area (TPSA) is 84.2 Å². The molecule has 0 spiro atoms. The SMILES string of the molecule is C[C@H](NC1CCCCCCC1)C(=O)Nc1sc2c(c1C(N)=O)CCC2. The predicted octanol–water partition coefficient (Wildman–Crippen LogP) is 3.37. The smallest absolute Gasteiger partial charge is 0.251 e. The molecule has 2 amide bonds. The van der Waals surface area contributed by atoms with Gasteiger partial charge in [0.15, 0.2) is 0 Å². The lowest BCUT2D eigenvalue weighted by molar-refractivity contribution is -0.118. The molecule has 1 heterocycles. The fourth-order valence-electron chi connectivity index (χ4n) is 4.03. The van der Waals surface area contributed by atoms with E-state index in [9.17, 15) is 9.59 Å². The van der Waals surface area contributed by atoms with Gasteiger partial charge in [-0.15, -0.1) is 11.3 Å². The van der Waals surface area contributed by atoms with Gasteiger partial charge in [-0.25, -0.2) is 0 Å². The Morgan fingerprint density at radius 2 is 1.76 bits per heavy atom. The largest absolute Gasteiger partial charge is 0.365 e. The van der Waals surface area contributed by atoms with Crippen molar-refractivity contribution >= 4 is 28.2 Å². The number of nitrogens with one attached hydrogen (secondary N) is 2. The summed E-state index contributed by atoms with van der Waals surface area (Å²) in [6.07, 6.45) is 11.6. The first-order valence-corrected chi connectivity index (χ1v) is 10.4. The molecule has 1 fully saturated rings. The zero-order valence-electron chi connectivity index (χ0n) is 15.0. The zero-order valence-corrected chi connectivity index (χ0v) is 15.8. The number of aryl methyl sites for hydroxylation is 1. The lowest BCUT2D eigenvalue weighted by Gasteiger charge is -2.24. The number of carbonyl (C=O) groups excluding carboxylic acids is 2. The van der Waals surface area contributed by atoms with E-state index in [1.807, 2.05) is 6.92 Å². The molecular formula is C19H29N3O2S. The number of hydrogen-bond donors (Lipinski definition) is 3. The molecule has 3 rings (SSSR count). The summed E-state index contributed by atoms with van der Waals surface area (Å²) in [6, 6.07) is 0.132. The molecule has 25 heavy (non-hydrogen) atoms. The van der Waals surface area contributed by atoms with Crippen LogP contribution in [0, 0.1) is 0 Å². The molecule has 4 N–H and O–H groups in total. The monoisotopic (exact) mass is 363 g/mol. The van der Waals surface area contributed by atoms with E-state index in [-0.39, 0.29) is 11.9 Å². The van der Waals surface area contributed by atoms with E-state index >= 15 is 0 Å². The Morgan fingerprint density at radius 3 is 2.44 bits per heavy atom. The third-order valence-electron chi connectivity index (χ3n) is 5.39. The highest BCUT2D eigenvalue weighted by Crippen LogP contribution is 2.38. The number of anilines is 1. The lowest BCUT2D eigenvalue weighted by Crippen LogP contribution is -2.44. The number of fused-ring (bicyclic) bond motifs is 1. The highest BCUT2D eigenvalue weighted by atomic mass is 32.1. The zero-order chi connectivity index (χ0) is 17.8. The van der Waals surface area contributed by atoms with Crippen LogP contribution in [0.1, 0.15) is 79.1 Å². The Hall–Kier alpha value is -1.40. The van der Waals surface area contributed by atoms with Crippen LogP contribution in [0.2, 0.25) is 0 Å². The third-order valence-corrected chi connectivity index (χ3v) is 6.60. The molecule has 0 radical (unpaired) electrons. The maximum absolute atomic E-state index is 12.6. The van der Waals surface area contributed by atoms with Crippen molar-refractivity contribution in [2.24, 2.45) is 5.73 Å². The number of rotatable bonds is 5. The molecule has 0 bridgehead atoms. The van der Waals surface area contributed by atoms with E-state index in [1.54, 1.807) is 0 Å². The van der Waals surface area contributed by atoms with Gasteiger partial charge in [-0.2, -0.15) is 0 Å². The quantitative estimate of drug-likeness (QED) is 0.750. The average Bonchev–Trinajstić information content (AvgIpc) is 3.09. The van der Waals surface area contributed by atoms with Gasteiger partial charge in [-0.3, -0.25) is 9.59 Å². The van der Waals surface area contributed by atoms with Gasteiger partial charge in [-0.1, -0.05) is 32.1 Å². The summed E-state index contributed by atoms with van der Waals surface area (Å²) in [5.74, 6) is -0.514. The van der Waals surface area contributed by atoms with Crippen molar-refractivity contribution in [1.82, 2.24) is 5.32 Å². The number of primary amides is 1. The van der Waals surface area contributed by atoms with E-state index in [0.717, 1.165) is 37.7 Å². The van der Waals surface area contributed by atoms with Gasteiger partial charge in [0.2, 0.25) is 5.91 Å². The highest BCUT2D eigenvalue weighted by Gasteiger charge is 2.27. The summed E-state index contributed by atoms with van der Waals surface area (Å²) in [5, 5.41) is 7.07. The van der Waals surface area contributed by atoms with Gasteiger partial charge in [0.25, 0.3) is 5.91 Å². The first kappa shape index (κ1) is 18.4. The minimum Gasteiger partial charge on any atom is -0.365 e. The fourth-order valence-corrected chi connectivity index (χ4v) is 5.32. The predicted molar refractivity (Wildman–Crippen MR) is 102 cm³/mol. The Balaban J connectivity index is 1.62. The second-order valence-electron chi connectivity index (χ2n) is 7.35. The van der Waals surface area contributed by atoms with Crippen molar-refractivity contribution in [3.05, 3.63) is 16.0 Å². The van der Waals surface area contributed by atoms with Crippen LogP contribution in [0.5, 0.6) is 0 Å². The number of amides is 2.